The third-order valence-electron chi connectivity index (χ3n) is 3.90. The van der Waals surface area contributed by atoms with Crippen molar-refractivity contribution in [1.29, 1.82) is 0 Å². The summed E-state index contributed by atoms with van der Waals surface area (Å²) in [5.74, 6) is 1.19. The molecule has 4 rings (SSSR count). The summed E-state index contributed by atoms with van der Waals surface area (Å²) in [7, 11) is 0. The van der Waals surface area contributed by atoms with Crippen molar-refractivity contribution in [2.24, 2.45) is 14.4 Å². The molecule has 0 aromatic heterocycles. The molecule has 0 amide bonds. The van der Waals surface area contributed by atoms with E-state index in [1.807, 2.05) is 30.5 Å². The maximum atomic E-state index is 11.2. The van der Waals surface area contributed by atoms with E-state index in [1.165, 1.54) is 6.07 Å². The summed E-state index contributed by atoms with van der Waals surface area (Å²) in [5.41, 5.74) is 1.99. The van der Waals surface area contributed by atoms with Gasteiger partial charge >= 0.3 is 0 Å². The predicted molar refractivity (Wildman–Crippen MR) is 103 cm³/mol. The van der Waals surface area contributed by atoms with Gasteiger partial charge in [0.25, 0.3) is 5.69 Å². The van der Waals surface area contributed by atoms with Crippen LogP contribution in [0.1, 0.15) is 11.1 Å². The molecule has 0 bridgehead atoms. The summed E-state index contributed by atoms with van der Waals surface area (Å²) in [4.78, 5) is 22.0. The smallest absolute Gasteiger partial charge is 0.269 e. The SMILES string of the molecule is O=[N+]([O-])c1ccccc1S/N=C1/c2ccccc2CN=C2N=CC=CN21. The second-order valence-corrected chi connectivity index (χ2v) is 6.30. The van der Waals surface area contributed by atoms with Crippen molar-refractivity contribution in [3.05, 3.63) is 82.0 Å². The molecule has 0 saturated carbocycles. The molecule has 2 aliphatic rings. The minimum Gasteiger partial charge on any atom is -0.269 e. The van der Waals surface area contributed by atoms with E-state index in [2.05, 4.69) is 14.4 Å². The van der Waals surface area contributed by atoms with Crippen LogP contribution in [0.3, 0.4) is 0 Å². The summed E-state index contributed by atoms with van der Waals surface area (Å²) in [6, 6.07) is 14.4. The van der Waals surface area contributed by atoms with Gasteiger partial charge in [0.05, 0.1) is 11.5 Å². The largest absolute Gasteiger partial charge is 0.284 e. The molecule has 0 radical (unpaired) electrons. The van der Waals surface area contributed by atoms with E-state index < -0.39 is 4.92 Å². The highest BCUT2D eigenvalue weighted by Crippen LogP contribution is 2.31. The average molecular weight is 363 g/mol. The van der Waals surface area contributed by atoms with E-state index in [0.29, 0.717) is 23.2 Å². The third-order valence-corrected chi connectivity index (χ3v) is 4.70. The average Bonchev–Trinajstić information content (AvgIpc) is 2.83. The molecule has 128 valence electrons. The zero-order chi connectivity index (χ0) is 17.9. The number of para-hydroxylation sites is 1. The van der Waals surface area contributed by atoms with E-state index in [1.54, 1.807) is 35.4 Å². The van der Waals surface area contributed by atoms with Crippen LogP contribution in [-0.4, -0.2) is 27.8 Å². The number of benzene rings is 2. The Labute approximate surface area is 153 Å². The molecule has 26 heavy (non-hydrogen) atoms. The first kappa shape index (κ1) is 16.2. The molecule has 0 unspecified atom stereocenters. The Balaban J connectivity index is 1.79. The van der Waals surface area contributed by atoms with Crippen LogP contribution in [0, 0.1) is 10.1 Å². The Morgan fingerprint density at radius 2 is 1.96 bits per heavy atom. The summed E-state index contributed by atoms with van der Waals surface area (Å²) in [6.45, 7) is 0.502. The van der Waals surface area contributed by atoms with Gasteiger partial charge in [0.1, 0.15) is 4.90 Å². The van der Waals surface area contributed by atoms with Crippen molar-refractivity contribution in [3.63, 3.8) is 0 Å². The summed E-state index contributed by atoms with van der Waals surface area (Å²) >= 11 is 1.07. The van der Waals surface area contributed by atoms with Crippen LogP contribution in [0.2, 0.25) is 0 Å². The number of guanidine groups is 1. The molecular formula is C18H13N5O2S. The van der Waals surface area contributed by atoms with Crippen molar-refractivity contribution in [2.75, 3.05) is 0 Å². The number of fused-ring (bicyclic) bond motifs is 2. The number of aliphatic imine (C=N–C) groups is 2. The predicted octanol–water partition coefficient (Wildman–Crippen LogP) is 3.82. The lowest BCUT2D eigenvalue weighted by Crippen LogP contribution is -2.32. The molecule has 0 fully saturated rings. The Morgan fingerprint density at radius 1 is 1.15 bits per heavy atom. The van der Waals surface area contributed by atoms with Gasteiger partial charge in [-0.3, -0.25) is 15.0 Å². The van der Waals surface area contributed by atoms with E-state index in [0.717, 1.165) is 23.1 Å². The monoisotopic (exact) mass is 363 g/mol. The molecule has 7 nitrogen and oxygen atoms in total. The summed E-state index contributed by atoms with van der Waals surface area (Å²) in [6.07, 6.45) is 5.32. The first-order valence-electron chi connectivity index (χ1n) is 7.85. The van der Waals surface area contributed by atoms with Gasteiger partial charge in [-0.05, 0) is 17.7 Å². The number of nitrogens with zero attached hydrogens (tertiary/aromatic N) is 5. The highest BCUT2D eigenvalue weighted by atomic mass is 32.2. The van der Waals surface area contributed by atoms with Crippen LogP contribution in [0.5, 0.6) is 0 Å². The van der Waals surface area contributed by atoms with E-state index in [-0.39, 0.29) is 5.69 Å². The molecule has 0 saturated heterocycles. The highest BCUT2D eigenvalue weighted by molar-refractivity contribution is 7.98. The van der Waals surface area contributed by atoms with Gasteiger partial charge < -0.3 is 0 Å². The number of nitro benzene ring substituents is 1. The van der Waals surface area contributed by atoms with Gasteiger partial charge in [0, 0.05) is 36.0 Å². The molecule has 8 heteroatoms. The number of allylic oxidation sites excluding steroid dienone is 1. The molecule has 2 heterocycles. The fourth-order valence-corrected chi connectivity index (χ4v) is 3.42. The van der Waals surface area contributed by atoms with Crippen LogP contribution in [0.4, 0.5) is 5.69 Å². The lowest BCUT2D eigenvalue weighted by Gasteiger charge is -2.21. The standard InChI is InChI=1S/C18H13N5O2S/c24-23(25)15-8-3-4-9-16(15)26-21-17-14-7-2-1-6-13(14)12-20-18-19-10-5-11-22(17)18/h1-11H,12H2/b21-17-. The number of rotatable bonds is 3. The number of amidine groups is 1. The van der Waals surface area contributed by atoms with Crippen molar-refractivity contribution in [2.45, 2.75) is 11.4 Å². The maximum absolute atomic E-state index is 11.2. The first-order chi connectivity index (χ1) is 12.7. The number of hydrogen-bond donors (Lipinski definition) is 0. The van der Waals surface area contributed by atoms with E-state index >= 15 is 0 Å². The van der Waals surface area contributed by atoms with E-state index in [4.69, 9.17) is 0 Å². The van der Waals surface area contributed by atoms with Crippen molar-refractivity contribution in [1.82, 2.24) is 4.90 Å². The van der Waals surface area contributed by atoms with Crippen LogP contribution < -0.4 is 0 Å². The summed E-state index contributed by atoms with van der Waals surface area (Å²) in [5, 5.41) is 11.2. The number of nitro groups is 1. The molecule has 2 aromatic rings. The molecule has 0 spiro atoms. The molecule has 0 aliphatic carbocycles. The maximum Gasteiger partial charge on any atom is 0.284 e. The zero-order valence-electron chi connectivity index (χ0n) is 13.5. The van der Waals surface area contributed by atoms with Crippen LogP contribution in [0.15, 0.2) is 80.1 Å². The lowest BCUT2D eigenvalue weighted by atomic mass is 10.1. The van der Waals surface area contributed by atoms with E-state index in [9.17, 15) is 10.1 Å². The normalized spacial score (nSPS) is 16.7. The third kappa shape index (κ3) is 3.02. The van der Waals surface area contributed by atoms with Crippen LogP contribution >= 0.6 is 11.9 Å². The van der Waals surface area contributed by atoms with Gasteiger partial charge in [0.15, 0.2) is 5.84 Å². The quantitative estimate of drug-likeness (QED) is 0.471. The molecule has 0 N–H and O–H groups in total. The summed E-state index contributed by atoms with van der Waals surface area (Å²) < 4.78 is 4.63. The molecule has 2 aliphatic heterocycles. The Morgan fingerprint density at radius 3 is 2.85 bits per heavy atom. The second-order valence-electron chi connectivity index (χ2n) is 5.49. The highest BCUT2D eigenvalue weighted by Gasteiger charge is 2.24. The fraction of sp³-hybridized carbons (Fsp3) is 0.0556. The Kier molecular flexibility index (Phi) is 4.32. The van der Waals surface area contributed by atoms with Crippen LogP contribution in [-0.2, 0) is 6.54 Å². The van der Waals surface area contributed by atoms with Gasteiger partial charge in [-0.2, -0.15) is 4.40 Å². The van der Waals surface area contributed by atoms with Gasteiger partial charge in [0.2, 0.25) is 5.96 Å². The van der Waals surface area contributed by atoms with Gasteiger partial charge in [-0.1, -0.05) is 36.4 Å². The van der Waals surface area contributed by atoms with Gasteiger partial charge in [-0.25, -0.2) is 9.98 Å². The topological polar surface area (TPSA) is 83.5 Å². The van der Waals surface area contributed by atoms with Crippen LogP contribution in [0.25, 0.3) is 0 Å². The second kappa shape index (κ2) is 6.93. The lowest BCUT2D eigenvalue weighted by molar-refractivity contribution is -0.387. The molecular weight excluding hydrogens is 350 g/mol. The van der Waals surface area contributed by atoms with Crippen molar-refractivity contribution >= 4 is 35.6 Å². The van der Waals surface area contributed by atoms with Crippen molar-refractivity contribution in [3.8, 4) is 0 Å². The minimum absolute atomic E-state index is 0.0323. The van der Waals surface area contributed by atoms with Crippen molar-refractivity contribution < 1.29 is 4.92 Å². The molecule has 0 atom stereocenters. The van der Waals surface area contributed by atoms with Gasteiger partial charge in [-0.15, -0.1) is 0 Å². The molecule has 2 aromatic carbocycles. The first-order valence-corrected chi connectivity index (χ1v) is 8.62. The Bertz CT molecular complexity index is 997. The zero-order valence-corrected chi connectivity index (χ0v) is 14.3. The fourth-order valence-electron chi connectivity index (χ4n) is 2.68. The minimum atomic E-state index is -0.401. The Hall–Kier alpha value is -3.26. The number of hydrogen-bond acceptors (Lipinski definition) is 6.